The van der Waals surface area contributed by atoms with E-state index in [2.05, 4.69) is 5.32 Å². The van der Waals surface area contributed by atoms with E-state index in [-0.39, 0.29) is 12.2 Å². The molecule has 1 saturated carbocycles. The maximum Gasteiger partial charge on any atom is 0.411 e. The summed E-state index contributed by atoms with van der Waals surface area (Å²) >= 11 is 0. The minimum atomic E-state index is -0.333. The van der Waals surface area contributed by atoms with Gasteiger partial charge in [-0.3, -0.25) is 5.32 Å². The van der Waals surface area contributed by atoms with Gasteiger partial charge in [0.1, 0.15) is 6.10 Å². The van der Waals surface area contributed by atoms with Gasteiger partial charge >= 0.3 is 6.09 Å². The molecular weight excluding hydrogens is 214 g/mol. The first-order valence-electron chi connectivity index (χ1n) is 6.28. The molecule has 0 bridgehead atoms. The lowest BCUT2D eigenvalue weighted by Gasteiger charge is -2.21. The fraction of sp³-hybridized carbons (Fsp3) is 0.500. The second-order valence-electron chi connectivity index (χ2n) is 4.66. The van der Waals surface area contributed by atoms with Crippen LogP contribution < -0.4 is 5.32 Å². The molecule has 92 valence electrons. The lowest BCUT2D eigenvalue weighted by Crippen LogP contribution is -2.24. The Morgan fingerprint density at radius 2 is 1.82 bits per heavy atom. The molecule has 3 heteroatoms. The van der Waals surface area contributed by atoms with Crippen LogP contribution in [0.4, 0.5) is 10.5 Å². The average Bonchev–Trinajstić information content (AvgIpc) is 2.33. The van der Waals surface area contributed by atoms with Crippen LogP contribution in [0, 0.1) is 6.92 Å². The van der Waals surface area contributed by atoms with E-state index in [0.717, 1.165) is 18.5 Å². The van der Waals surface area contributed by atoms with E-state index in [1.165, 1.54) is 24.8 Å². The Bertz CT molecular complexity index is 366. The zero-order chi connectivity index (χ0) is 12.1. The van der Waals surface area contributed by atoms with Gasteiger partial charge in [-0.25, -0.2) is 4.79 Å². The number of ether oxygens (including phenoxy) is 1. The molecule has 1 N–H and O–H groups in total. The number of hydrogen-bond acceptors (Lipinski definition) is 2. The highest BCUT2D eigenvalue weighted by Crippen LogP contribution is 2.20. The molecule has 0 radical (unpaired) electrons. The molecule has 1 aromatic rings. The number of hydrogen-bond donors (Lipinski definition) is 1. The van der Waals surface area contributed by atoms with Crippen molar-refractivity contribution in [2.24, 2.45) is 0 Å². The smallest absolute Gasteiger partial charge is 0.411 e. The minimum Gasteiger partial charge on any atom is -0.446 e. The van der Waals surface area contributed by atoms with E-state index in [9.17, 15) is 4.79 Å². The molecule has 0 aliphatic heterocycles. The third-order valence-electron chi connectivity index (χ3n) is 3.12. The van der Waals surface area contributed by atoms with Crippen LogP contribution in [-0.2, 0) is 4.74 Å². The number of nitrogens with one attached hydrogen (secondary N) is 1. The summed E-state index contributed by atoms with van der Waals surface area (Å²) in [6, 6.07) is 7.71. The molecule has 0 spiro atoms. The van der Waals surface area contributed by atoms with Crippen molar-refractivity contribution in [2.75, 3.05) is 5.32 Å². The van der Waals surface area contributed by atoms with Crippen LogP contribution in [0.15, 0.2) is 24.3 Å². The summed E-state index contributed by atoms with van der Waals surface area (Å²) in [5, 5.41) is 2.76. The number of benzene rings is 1. The van der Waals surface area contributed by atoms with Gasteiger partial charge in [-0.05, 0) is 44.7 Å². The molecular formula is C14H19NO2. The Kier molecular flexibility index (Phi) is 4.02. The Morgan fingerprint density at radius 3 is 2.47 bits per heavy atom. The van der Waals surface area contributed by atoms with Gasteiger partial charge in [-0.15, -0.1) is 0 Å². The van der Waals surface area contributed by atoms with Crippen molar-refractivity contribution >= 4 is 11.8 Å². The molecule has 1 aliphatic rings. The van der Waals surface area contributed by atoms with Crippen molar-refractivity contribution in [3.05, 3.63) is 29.8 Å². The maximum atomic E-state index is 11.6. The highest BCUT2D eigenvalue weighted by molar-refractivity contribution is 5.84. The van der Waals surface area contributed by atoms with Crippen molar-refractivity contribution in [2.45, 2.75) is 45.1 Å². The molecule has 0 aromatic heterocycles. The largest absolute Gasteiger partial charge is 0.446 e. The van der Waals surface area contributed by atoms with Crippen molar-refractivity contribution in [1.29, 1.82) is 0 Å². The van der Waals surface area contributed by atoms with Crippen LogP contribution in [0.5, 0.6) is 0 Å². The third-order valence-corrected chi connectivity index (χ3v) is 3.12. The van der Waals surface area contributed by atoms with Gasteiger partial charge in [0.15, 0.2) is 0 Å². The van der Waals surface area contributed by atoms with E-state index >= 15 is 0 Å². The van der Waals surface area contributed by atoms with Gasteiger partial charge in [0.2, 0.25) is 0 Å². The zero-order valence-electron chi connectivity index (χ0n) is 10.2. The van der Waals surface area contributed by atoms with E-state index in [1.54, 1.807) is 0 Å². The normalized spacial score (nSPS) is 16.5. The lowest BCUT2D eigenvalue weighted by molar-refractivity contribution is 0.0865. The lowest BCUT2D eigenvalue weighted by atomic mass is 9.98. The van der Waals surface area contributed by atoms with Gasteiger partial charge < -0.3 is 4.74 Å². The van der Waals surface area contributed by atoms with Gasteiger partial charge in [-0.1, -0.05) is 24.1 Å². The minimum absolute atomic E-state index is 0.106. The summed E-state index contributed by atoms with van der Waals surface area (Å²) < 4.78 is 5.38. The van der Waals surface area contributed by atoms with Crippen LogP contribution in [0.1, 0.15) is 37.7 Å². The van der Waals surface area contributed by atoms with Gasteiger partial charge in [0, 0.05) is 5.69 Å². The molecule has 1 fully saturated rings. The summed E-state index contributed by atoms with van der Waals surface area (Å²) in [6.45, 7) is 2.02. The second-order valence-corrected chi connectivity index (χ2v) is 4.66. The van der Waals surface area contributed by atoms with Crippen LogP contribution in [0.3, 0.4) is 0 Å². The molecule has 17 heavy (non-hydrogen) atoms. The molecule has 1 aliphatic carbocycles. The number of amides is 1. The standard InChI is InChI=1S/C14H19NO2/c1-11-7-9-12(10-8-11)15-14(16)17-13-5-3-2-4-6-13/h7-10,13H,2-6H2,1H3,(H,15,16). The molecule has 0 unspecified atom stereocenters. The van der Waals surface area contributed by atoms with E-state index < -0.39 is 0 Å². The summed E-state index contributed by atoms with van der Waals surface area (Å²) in [7, 11) is 0. The van der Waals surface area contributed by atoms with Crippen molar-refractivity contribution in [3.63, 3.8) is 0 Å². The van der Waals surface area contributed by atoms with Crippen LogP contribution in [-0.4, -0.2) is 12.2 Å². The molecule has 0 saturated heterocycles. The zero-order valence-corrected chi connectivity index (χ0v) is 10.2. The van der Waals surface area contributed by atoms with E-state index in [4.69, 9.17) is 4.74 Å². The third kappa shape index (κ3) is 3.77. The van der Waals surface area contributed by atoms with Crippen LogP contribution in [0.25, 0.3) is 0 Å². The SMILES string of the molecule is Cc1ccc(NC(=O)OC2CCCCC2)cc1. The first-order chi connectivity index (χ1) is 8.24. The van der Waals surface area contributed by atoms with E-state index in [1.807, 2.05) is 31.2 Å². The predicted molar refractivity (Wildman–Crippen MR) is 68.2 cm³/mol. The first-order valence-corrected chi connectivity index (χ1v) is 6.28. The van der Waals surface area contributed by atoms with Gasteiger partial charge in [0.05, 0.1) is 0 Å². The summed E-state index contributed by atoms with van der Waals surface area (Å²) in [5.41, 5.74) is 1.97. The van der Waals surface area contributed by atoms with Gasteiger partial charge in [0.25, 0.3) is 0 Å². The van der Waals surface area contributed by atoms with Gasteiger partial charge in [-0.2, -0.15) is 0 Å². The summed E-state index contributed by atoms with van der Waals surface area (Å²) in [4.78, 5) is 11.6. The number of carbonyl (C=O) groups is 1. The Labute approximate surface area is 102 Å². The average molecular weight is 233 g/mol. The fourth-order valence-electron chi connectivity index (χ4n) is 2.12. The number of anilines is 1. The Morgan fingerprint density at radius 1 is 1.18 bits per heavy atom. The molecule has 0 atom stereocenters. The maximum absolute atomic E-state index is 11.6. The number of carbonyl (C=O) groups excluding carboxylic acids is 1. The monoisotopic (exact) mass is 233 g/mol. The molecule has 0 heterocycles. The summed E-state index contributed by atoms with van der Waals surface area (Å²) in [5.74, 6) is 0. The molecule has 3 nitrogen and oxygen atoms in total. The Hall–Kier alpha value is -1.51. The fourth-order valence-corrected chi connectivity index (χ4v) is 2.12. The van der Waals surface area contributed by atoms with E-state index in [0.29, 0.717) is 0 Å². The number of aryl methyl sites for hydroxylation is 1. The van der Waals surface area contributed by atoms with Crippen molar-refractivity contribution in [3.8, 4) is 0 Å². The first kappa shape index (κ1) is 12.0. The molecule has 1 aromatic carbocycles. The van der Waals surface area contributed by atoms with Crippen LogP contribution >= 0.6 is 0 Å². The van der Waals surface area contributed by atoms with Crippen molar-refractivity contribution in [1.82, 2.24) is 0 Å². The van der Waals surface area contributed by atoms with Crippen molar-refractivity contribution < 1.29 is 9.53 Å². The highest BCUT2D eigenvalue weighted by Gasteiger charge is 2.17. The Balaban J connectivity index is 1.82. The highest BCUT2D eigenvalue weighted by atomic mass is 16.6. The second kappa shape index (κ2) is 5.71. The van der Waals surface area contributed by atoms with Crippen LogP contribution in [0.2, 0.25) is 0 Å². The molecule has 2 rings (SSSR count). The predicted octanol–water partition coefficient (Wildman–Crippen LogP) is 3.88. The molecule has 1 amide bonds. The summed E-state index contributed by atoms with van der Waals surface area (Å²) in [6.07, 6.45) is 5.38. The quantitative estimate of drug-likeness (QED) is 0.841. The number of rotatable bonds is 2. The topological polar surface area (TPSA) is 38.3 Å².